The number of nitrogens with two attached hydrogens (primary N) is 1. The Bertz CT molecular complexity index is 433. The van der Waals surface area contributed by atoms with Gasteiger partial charge in [-0.05, 0) is 19.3 Å². The molecule has 0 spiro atoms. The molecule has 1 fully saturated rings. The molecule has 0 aliphatic heterocycles. The van der Waals surface area contributed by atoms with Gasteiger partial charge in [-0.1, -0.05) is 11.3 Å². The lowest BCUT2D eigenvalue weighted by atomic mass is 9.75. The predicted molar refractivity (Wildman–Crippen MR) is 62.2 cm³/mol. The summed E-state index contributed by atoms with van der Waals surface area (Å²) in [7, 11) is 0. The van der Waals surface area contributed by atoms with E-state index < -0.39 is 0 Å². The Labute approximate surface area is 97.1 Å². The normalized spacial score (nSPS) is 17.8. The van der Waals surface area contributed by atoms with E-state index in [0.29, 0.717) is 13.0 Å². The van der Waals surface area contributed by atoms with Crippen LogP contribution >= 0.6 is 11.3 Å². The SMILES string of the molecule is NC1(CC(=O)NCc2csc(=O)[nH]2)CCC1. The molecule has 6 heteroatoms. The lowest BCUT2D eigenvalue weighted by Gasteiger charge is -2.37. The first-order valence-corrected chi connectivity index (χ1v) is 6.18. The van der Waals surface area contributed by atoms with E-state index >= 15 is 0 Å². The molecular formula is C10H15N3O2S. The molecule has 0 radical (unpaired) electrons. The quantitative estimate of drug-likeness (QED) is 0.709. The fraction of sp³-hybridized carbons (Fsp3) is 0.600. The van der Waals surface area contributed by atoms with Crippen molar-refractivity contribution in [3.8, 4) is 0 Å². The number of thiazole rings is 1. The number of aromatic nitrogens is 1. The minimum Gasteiger partial charge on any atom is -0.350 e. The summed E-state index contributed by atoms with van der Waals surface area (Å²) in [5.74, 6) is -0.0470. The van der Waals surface area contributed by atoms with Crippen molar-refractivity contribution in [1.29, 1.82) is 0 Å². The summed E-state index contributed by atoms with van der Waals surface area (Å²) in [5, 5.41) is 4.47. The van der Waals surface area contributed by atoms with E-state index in [-0.39, 0.29) is 16.3 Å². The van der Waals surface area contributed by atoms with Crippen molar-refractivity contribution in [2.24, 2.45) is 5.73 Å². The molecule has 0 saturated heterocycles. The van der Waals surface area contributed by atoms with Crippen LogP contribution in [0.2, 0.25) is 0 Å². The molecule has 1 aromatic rings. The van der Waals surface area contributed by atoms with Gasteiger partial charge in [-0.25, -0.2) is 0 Å². The second kappa shape index (κ2) is 4.39. The van der Waals surface area contributed by atoms with Crippen LogP contribution in [-0.4, -0.2) is 16.4 Å². The van der Waals surface area contributed by atoms with Crippen molar-refractivity contribution in [2.45, 2.75) is 37.8 Å². The van der Waals surface area contributed by atoms with E-state index in [0.717, 1.165) is 36.3 Å². The fourth-order valence-electron chi connectivity index (χ4n) is 1.78. The molecule has 1 heterocycles. The summed E-state index contributed by atoms with van der Waals surface area (Å²) >= 11 is 1.10. The van der Waals surface area contributed by atoms with Crippen molar-refractivity contribution in [1.82, 2.24) is 10.3 Å². The van der Waals surface area contributed by atoms with E-state index in [1.54, 1.807) is 5.38 Å². The van der Waals surface area contributed by atoms with Gasteiger partial charge in [0.05, 0.1) is 6.54 Å². The minimum absolute atomic E-state index is 0.0470. The highest BCUT2D eigenvalue weighted by atomic mass is 32.1. The highest BCUT2D eigenvalue weighted by Crippen LogP contribution is 2.31. The summed E-state index contributed by atoms with van der Waals surface area (Å²) in [4.78, 5) is 24.9. The van der Waals surface area contributed by atoms with Gasteiger partial charge < -0.3 is 16.0 Å². The van der Waals surface area contributed by atoms with Gasteiger partial charge in [-0.2, -0.15) is 0 Å². The monoisotopic (exact) mass is 241 g/mol. The second-order valence-corrected chi connectivity index (χ2v) is 5.19. The summed E-state index contributed by atoms with van der Waals surface area (Å²) in [5.41, 5.74) is 6.41. The Hall–Kier alpha value is -1.14. The van der Waals surface area contributed by atoms with Gasteiger partial charge in [0, 0.05) is 23.0 Å². The first-order valence-electron chi connectivity index (χ1n) is 5.30. The molecule has 88 valence electrons. The van der Waals surface area contributed by atoms with Gasteiger partial charge in [-0.3, -0.25) is 9.59 Å². The van der Waals surface area contributed by atoms with Gasteiger partial charge in [0.1, 0.15) is 0 Å². The topological polar surface area (TPSA) is 88.0 Å². The molecule has 0 bridgehead atoms. The number of carbonyl (C=O) groups excluding carboxylic acids is 1. The van der Waals surface area contributed by atoms with Crippen LogP contribution in [0.25, 0.3) is 0 Å². The number of carbonyl (C=O) groups is 1. The van der Waals surface area contributed by atoms with E-state index in [9.17, 15) is 9.59 Å². The van der Waals surface area contributed by atoms with Crippen LogP contribution in [0.3, 0.4) is 0 Å². The first-order chi connectivity index (χ1) is 7.57. The number of hydrogen-bond donors (Lipinski definition) is 3. The van der Waals surface area contributed by atoms with Gasteiger partial charge >= 0.3 is 4.87 Å². The maximum Gasteiger partial charge on any atom is 0.304 e. The second-order valence-electron chi connectivity index (χ2n) is 4.34. The molecule has 1 aromatic heterocycles. The molecule has 1 aliphatic carbocycles. The summed E-state index contributed by atoms with van der Waals surface area (Å²) < 4.78 is 0. The van der Waals surface area contributed by atoms with Gasteiger partial charge in [0.2, 0.25) is 5.91 Å². The Morgan fingerprint density at radius 3 is 2.88 bits per heavy atom. The number of H-pyrrole nitrogens is 1. The molecule has 1 saturated carbocycles. The molecule has 0 atom stereocenters. The fourth-order valence-corrected chi connectivity index (χ4v) is 2.37. The zero-order chi connectivity index (χ0) is 11.6. The zero-order valence-corrected chi connectivity index (χ0v) is 9.73. The van der Waals surface area contributed by atoms with Crippen LogP contribution < -0.4 is 15.9 Å². The van der Waals surface area contributed by atoms with Crippen molar-refractivity contribution in [3.05, 3.63) is 20.7 Å². The number of hydrogen-bond acceptors (Lipinski definition) is 4. The Kier molecular flexibility index (Phi) is 3.11. The summed E-state index contributed by atoms with van der Waals surface area (Å²) in [6.07, 6.45) is 3.34. The van der Waals surface area contributed by atoms with E-state index in [2.05, 4.69) is 10.3 Å². The molecule has 16 heavy (non-hydrogen) atoms. The average Bonchev–Trinajstić information content (AvgIpc) is 2.59. The number of aromatic amines is 1. The van der Waals surface area contributed by atoms with Gasteiger partial charge in [0.25, 0.3) is 0 Å². The standard InChI is InChI=1S/C10H15N3O2S/c11-10(2-1-3-10)4-8(14)12-5-7-6-16-9(15)13-7/h6H,1-5,11H2,(H,12,14)(H,13,15). The van der Waals surface area contributed by atoms with Crippen LogP contribution in [-0.2, 0) is 11.3 Å². The van der Waals surface area contributed by atoms with Gasteiger partial charge in [0.15, 0.2) is 0 Å². The van der Waals surface area contributed by atoms with Crippen molar-refractivity contribution in [3.63, 3.8) is 0 Å². The van der Waals surface area contributed by atoms with Crippen molar-refractivity contribution in [2.75, 3.05) is 0 Å². The third-order valence-electron chi connectivity index (χ3n) is 2.91. The first kappa shape index (κ1) is 11.3. The Morgan fingerprint density at radius 1 is 1.62 bits per heavy atom. The minimum atomic E-state index is -0.286. The van der Waals surface area contributed by atoms with Crippen LogP contribution in [0.4, 0.5) is 0 Å². The Balaban J connectivity index is 1.77. The third-order valence-corrected chi connectivity index (χ3v) is 3.63. The Morgan fingerprint density at radius 2 is 2.38 bits per heavy atom. The molecule has 1 aliphatic rings. The average molecular weight is 241 g/mol. The lowest BCUT2D eigenvalue weighted by molar-refractivity contribution is -0.123. The largest absolute Gasteiger partial charge is 0.350 e. The van der Waals surface area contributed by atoms with Crippen LogP contribution in [0.15, 0.2) is 10.2 Å². The highest BCUT2D eigenvalue weighted by molar-refractivity contribution is 7.07. The number of nitrogens with one attached hydrogen (secondary N) is 2. The van der Waals surface area contributed by atoms with E-state index in [1.165, 1.54) is 0 Å². The maximum absolute atomic E-state index is 11.6. The van der Waals surface area contributed by atoms with Crippen LogP contribution in [0, 0.1) is 0 Å². The number of rotatable bonds is 4. The summed E-state index contributed by atoms with van der Waals surface area (Å²) in [6, 6.07) is 0. The lowest BCUT2D eigenvalue weighted by Crippen LogP contribution is -2.49. The molecule has 5 nitrogen and oxygen atoms in total. The maximum atomic E-state index is 11.6. The highest BCUT2D eigenvalue weighted by Gasteiger charge is 2.34. The molecule has 0 aromatic carbocycles. The molecular weight excluding hydrogens is 226 g/mol. The molecule has 4 N–H and O–H groups in total. The van der Waals surface area contributed by atoms with Crippen molar-refractivity contribution >= 4 is 17.2 Å². The molecule has 1 amide bonds. The van der Waals surface area contributed by atoms with Crippen LogP contribution in [0.1, 0.15) is 31.4 Å². The third kappa shape index (κ3) is 2.70. The van der Waals surface area contributed by atoms with Gasteiger partial charge in [-0.15, -0.1) is 0 Å². The summed E-state index contributed by atoms with van der Waals surface area (Å²) in [6.45, 7) is 0.369. The van der Waals surface area contributed by atoms with E-state index in [1.807, 2.05) is 0 Å². The smallest absolute Gasteiger partial charge is 0.304 e. The van der Waals surface area contributed by atoms with Crippen molar-refractivity contribution < 1.29 is 4.79 Å². The zero-order valence-electron chi connectivity index (χ0n) is 8.91. The van der Waals surface area contributed by atoms with E-state index in [4.69, 9.17) is 5.73 Å². The van der Waals surface area contributed by atoms with Crippen LogP contribution in [0.5, 0.6) is 0 Å². The number of amides is 1. The predicted octanol–water partition coefficient (Wildman–Crippen LogP) is 0.324. The molecule has 2 rings (SSSR count). The molecule has 0 unspecified atom stereocenters.